The summed E-state index contributed by atoms with van der Waals surface area (Å²) in [4.78, 5) is 24.1. The van der Waals surface area contributed by atoms with Gasteiger partial charge in [0.25, 0.3) is 5.69 Å². The van der Waals surface area contributed by atoms with Gasteiger partial charge in [-0.25, -0.2) is 0 Å². The van der Waals surface area contributed by atoms with Gasteiger partial charge in [0.05, 0.1) is 17.6 Å². The molecular formula is C19H15NO4S. The van der Waals surface area contributed by atoms with Gasteiger partial charge in [0, 0.05) is 23.4 Å². The fraction of sp³-hybridized carbons (Fsp3) is 0.105. The number of ketones is 1. The molecule has 0 radical (unpaired) electrons. The fourth-order valence-electron chi connectivity index (χ4n) is 2.54. The number of hydrogen-bond donors (Lipinski definition) is 0. The number of nitrogens with zero attached hydrogens (tertiary/aromatic N) is 1. The van der Waals surface area contributed by atoms with Crippen molar-refractivity contribution in [3.05, 3.63) is 81.2 Å². The van der Waals surface area contributed by atoms with Gasteiger partial charge in [0.15, 0.2) is 5.78 Å². The molecule has 0 bridgehead atoms. The smallest absolute Gasteiger partial charge is 0.269 e. The number of benzene rings is 2. The number of Topliss-reactive ketones (excluding diaryl/α,β-unsaturated/α-hetero) is 1. The van der Waals surface area contributed by atoms with Crippen LogP contribution in [0.5, 0.6) is 5.75 Å². The number of ether oxygens (including phenoxy) is 1. The highest BCUT2D eigenvalue weighted by Gasteiger charge is 2.15. The van der Waals surface area contributed by atoms with Crippen molar-refractivity contribution in [3.8, 4) is 16.2 Å². The predicted octanol–water partition coefficient (Wildman–Crippen LogP) is 4.76. The number of methoxy groups -OCH3 is 1. The Labute approximate surface area is 148 Å². The third kappa shape index (κ3) is 3.75. The first-order valence-electron chi connectivity index (χ1n) is 7.57. The molecule has 5 nitrogen and oxygen atoms in total. The Balaban J connectivity index is 1.87. The predicted molar refractivity (Wildman–Crippen MR) is 97.4 cm³/mol. The quantitative estimate of drug-likeness (QED) is 0.364. The molecule has 0 atom stereocenters. The summed E-state index contributed by atoms with van der Waals surface area (Å²) in [5.74, 6) is 0.427. The van der Waals surface area contributed by atoms with E-state index >= 15 is 0 Å². The van der Waals surface area contributed by atoms with Crippen molar-refractivity contribution in [2.75, 3.05) is 7.11 Å². The van der Waals surface area contributed by atoms with Crippen LogP contribution in [0.2, 0.25) is 0 Å². The van der Waals surface area contributed by atoms with Crippen LogP contribution in [0.15, 0.2) is 60.0 Å². The number of hydrogen-bond acceptors (Lipinski definition) is 5. The summed E-state index contributed by atoms with van der Waals surface area (Å²) in [5, 5.41) is 12.7. The minimum Gasteiger partial charge on any atom is -0.496 e. The van der Waals surface area contributed by atoms with Gasteiger partial charge in [-0.2, -0.15) is 0 Å². The van der Waals surface area contributed by atoms with Crippen molar-refractivity contribution in [1.82, 2.24) is 0 Å². The summed E-state index contributed by atoms with van der Waals surface area (Å²) in [6, 6.07) is 15.5. The zero-order valence-corrected chi connectivity index (χ0v) is 14.3. The molecule has 0 fully saturated rings. The molecule has 126 valence electrons. The Morgan fingerprint density at radius 2 is 1.92 bits per heavy atom. The van der Waals surface area contributed by atoms with Gasteiger partial charge < -0.3 is 4.74 Å². The molecule has 1 heterocycles. The van der Waals surface area contributed by atoms with Crippen LogP contribution in [0.1, 0.15) is 15.9 Å². The number of nitro benzene ring substituents is 1. The molecule has 0 spiro atoms. The van der Waals surface area contributed by atoms with E-state index in [1.54, 1.807) is 29.5 Å². The third-order valence-corrected chi connectivity index (χ3v) is 4.74. The maximum Gasteiger partial charge on any atom is 0.269 e. The SMILES string of the molecule is COc1ccc(-c2cccs2)cc1C(=O)Cc1ccc([N+](=O)[O-])cc1. The van der Waals surface area contributed by atoms with Gasteiger partial charge in [0.2, 0.25) is 0 Å². The van der Waals surface area contributed by atoms with E-state index in [4.69, 9.17) is 4.74 Å². The summed E-state index contributed by atoms with van der Waals surface area (Å²) in [7, 11) is 1.53. The summed E-state index contributed by atoms with van der Waals surface area (Å²) in [6.45, 7) is 0. The second kappa shape index (κ2) is 7.27. The van der Waals surface area contributed by atoms with Crippen LogP contribution in [-0.4, -0.2) is 17.8 Å². The number of non-ortho nitro benzene ring substituents is 1. The average molecular weight is 353 g/mol. The minimum absolute atomic E-state index is 0.00784. The van der Waals surface area contributed by atoms with Crippen LogP contribution in [0.4, 0.5) is 5.69 Å². The molecule has 0 aliphatic carbocycles. The molecule has 1 aromatic heterocycles. The minimum atomic E-state index is -0.459. The second-order valence-electron chi connectivity index (χ2n) is 5.42. The first-order chi connectivity index (χ1) is 12.1. The molecule has 2 aromatic carbocycles. The van der Waals surface area contributed by atoms with Gasteiger partial charge in [-0.15, -0.1) is 11.3 Å². The van der Waals surface area contributed by atoms with Crippen molar-refractivity contribution in [1.29, 1.82) is 0 Å². The topological polar surface area (TPSA) is 69.4 Å². The second-order valence-corrected chi connectivity index (χ2v) is 6.36. The van der Waals surface area contributed by atoms with Crippen molar-refractivity contribution in [3.63, 3.8) is 0 Å². The Hall–Kier alpha value is -2.99. The van der Waals surface area contributed by atoms with Gasteiger partial charge >= 0.3 is 0 Å². The monoisotopic (exact) mass is 353 g/mol. The number of thiophene rings is 1. The van der Waals surface area contributed by atoms with Crippen LogP contribution >= 0.6 is 11.3 Å². The zero-order valence-electron chi connectivity index (χ0n) is 13.5. The van der Waals surface area contributed by atoms with E-state index in [0.717, 1.165) is 16.0 Å². The lowest BCUT2D eigenvalue weighted by atomic mass is 9.99. The first kappa shape index (κ1) is 16.9. The van der Waals surface area contributed by atoms with Crippen LogP contribution in [-0.2, 0) is 6.42 Å². The number of nitro groups is 1. The average Bonchev–Trinajstić information content (AvgIpc) is 3.16. The highest BCUT2D eigenvalue weighted by Crippen LogP contribution is 2.30. The van der Waals surface area contributed by atoms with Crippen molar-refractivity contribution < 1.29 is 14.5 Å². The van der Waals surface area contributed by atoms with Crippen LogP contribution in [0, 0.1) is 10.1 Å². The molecule has 25 heavy (non-hydrogen) atoms. The van der Waals surface area contributed by atoms with E-state index < -0.39 is 4.92 Å². The van der Waals surface area contributed by atoms with E-state index in [9.17, 15) is 14.9 Å². The molecule has 0 saturated carbocycles. The molecule has 0 saturated heterocycles. The Morgan fingerprint density at radius 1 is 1.16 bits per heavy atom. The van der Waals surface area contributed by atoms with Crippen molar-refractivity contribution >= 4 is 22.8 Å². The summed E-state index contributed by atoms with van der Waals surface area (Å²) in [5.41, 5.74) is 2.20. The molecule has 0 amide bonds. The van der Waals surface area contributed by atoms with Gasteiger partial charge in [-0.3, -0.25) is 14.9 Å². The molecule has 3 rings (SSSR count). The lowest BCUT2D eigenvalue weighted by Crippen LogP contribution is -2.06. The van der Waals surface area contributed by atoms with Crippen molar-refractivity contribution in [2.24, 2.45) is 0 Å². The zero-order chi connectivity index (χ0) is 17.8. The third-order valence-electron chi connectivity index (χ3n) is 3.82. The fourth-order valence-corrected chi connectivity index (χ4v) is 3.26. The van der Waals surface area contributed by atoms with Crippen LogP contribution in [0.25, 0.3) is 10.4 Å². The van der Waals surface area contributed by atoms with E-state index in [1.807, 2.05) is 29.6 Å². The molecule has 0 aliphatic rings. The number of carbonyl (C=O) groups is 1. The molecule has 0 aliphatic heterocycles. The molecule has 0 unspecified atom stereocenters. The lowest BCUT2D eigenvalue weighted by molar-refractivity contribution is -0.384. The Kier molecular flexibility index (Phi) is 4.90. The van der Waals surface area contributed by atoms with E-state index in [0.29, 0.717) is 11.3 Å². The highest BCUT2D eigenvalue weighted by molar-refractivity contribution is 7.13. The van der Waals surface area contributed by atoms with Crippen molar-refractivity contribution in [2.45, 2.75) is 6.42 Å². The van der Waals surface area contributed by atoms with Crippen LogP contribution < -0.4 is 4.74 Å². The lowest BCUT2D eigenvalue weighted by Gasteiger charge is -2.10. The Bertz CT molecular complexity index is 902. The summed E-state index contributed by atoms with van der Waals surface area (Å²) in [6.07, 6.45) is 0.155. The first-order valence-corrected chi connectivity index (χ1v) is 8.45. The summed E-state index contributed by atoms with van der Waals surface area (Å²) >= 11 is 1.60. The van der Waals surface area contributed by atoms with E-state index in [1.165, 1.54) is 19.2 Å². The number of carbonyl (C=O) groups excluding carboxylic acids is 1. The van der Waals surface area contributed by atoms with E-state index in [2.05, 4.69) is 0 Å². The van der Waals surface area contributed by atoms with Gasteiger partial charge in [0.1, 0.15) is 5.75 Å². The van der Waals surface area contributed by atoms with Gasteiger partial charge in [-0.1, -0.05) is 18.2 Å². The van der Waals surface area contributed by atoms with E-state index in [-0.39, 0.29) is 17.9 Å². The highest BCUT2D eigenvalue weighted by atomic mass is 32.1. The maximum atomic E-state index is 12.7. The maximum absolute atomic E-state index is 12.7. The number of rotatable bonds is 6. The standard InChI is InChI=1S/C19H15NO4S/c1-24-18-9-6-14(19-3-2-10-25-19)12-16(18)17(21)11-13-4-7-15(8-5-13)20(22)23/h2-10,12H,11H2,1H3. The molecule has 6 heteroatoms. The summed E-state index contributed by atoms with van der Waals surface area (Å²) < 4.78 is 5.32. The molecule has 3 aromatic rings. The Morgan fingerprint density at radius 3 is 2.52 bits per heavy atom. The largest absolute Gasteiger partial charge is 0.496 e. The van der Waals surface area contributed by atoms with Gasteiger partial charge in [-0.05, 0) is 40.8 Å². The molecular weight excluding hydrogens is 338 g/mol. The normalized spacial score (nSPS) is 10.4. The van der Waals surface area contributed by atoms with Crippen LogP contribution in [0.3, 0.4) is 0 Å². The molecule has 0 N–H and O–H groups in total.